The third-order valence-corrected chi connectivity index (χ3v) is 6.53. The molecule has 1 amide bonds. The smallest absolute Gasteiger partial charge is 0.234 e. The minimum Gasteiger partial charge on any atom is -0.497 e. The van der Waals surface area contributed by atoms with Gasteiger partial charge >= 0.3 is 0 Å². The van der Waals surface area contributed by atoms with Crippen LogP contribution in [-0.4, -0.2) is 13.0 Å². The molecule has 4 rings (SSSR count). The summed E-state index contributed by atoms with van der Waals surface area (Å²) in [6.45, 7) is 7.04. The molecule has 1 aliphatic rings. The topological polar surface area (TPSA) is 29.5 Å². The number of hydrogen-bond acceptors (Lipinski definition) is 2. The lowest BCUT2D eigenvalue weighted by Crippen LogP contribution is -2.36. The van der Waals surface area contributed by atoms with Crippen LogP contribution in [0, 0.1) is 6.92 Å². The Morgan fingerprint density at radius 2 is 1.84 bits per heavy atom. The van der Waals surface area contributed by atoms with Crippen molar-refractivity contribution in [2.45, 2.75) is 58.4 Å². The van der Waals surface area contributed by atoms with E-state index in [0.29, 0.717) is 12.5 Å². The zero-order chi connectivity index (χ0) is 22.7. The second-order valence-electron chi connectivity index (χ2n) is 9.17. The van der Waals surface area contributed by atoms with Crippen molar-refractivity contribution in [2.24, 2.45) is 0 Å². The van der Waals surface area contributed by atoms with Gasteiger partial charge in [-0.3, -0.25) is 4.79 Å². The fraction of sp³-hybridized carbons (Fsp3) is 0.345. The molecule has 0 saturated heterocycles. The van der Waals surface area contributed by atoms with Crippen molar-refractivity contribution >= 4 is 11.6 Å². The van der Waals surface area contributed by atoms with Gasteiger partial charge in [-0.1, -0.05) is 61.9 Å². The minimum atomic E-state index is -0.150. The van der Waals surface area contributed by atoms with Gasteiger partial charge in [0.2, 0.25) is 5.91 Å². The number of fused-ring (bicyclic) bond motifs is 1. The summed E-state index contributed by atoms with van der Waals surface area (Å²) in [7, 11) is 1.68. The van der Waals surface area contributed by atoms with E-state index < -0.39 is 0 Å². The number of methoxy groups -OCH3 is 1. The van der Waals surface area contributed by atoms with Crippen LogP contribution in [0.15, 0.2) is 66.7 Å². The Labute approximate surface area is 192 Å². The zero-order valence-electron chi connectivity index (χ0n) is 19.6. The third kappa shape index (κ3) is 4.72. The zero-order valence-corrected chi connectivity index (χ0v) is 19.6. The van der Waals surface area contributed by atoms with Gasteiger partial charge in [-0.25, -0.2) is 0 Å². The molecule has 0 radical (unpaired) electrons. The summed E-state index contributed by atoms with van der Waals surface area (Å²) in [6, 6.07) is 23.1. The molecule has 1 atom stereocenters. The van der Waals surface area contributed by atoms with Gasteiger partial charge in [0.15, 0.2) is 0 Å². The van der Waals surface area contributed by atoms with Crippen molar-refractivity contribution in [3.8, 4) is 5.75 Å². The predicted molar refractivity (Wildman–Crippen MR) is 132 cm³/mol. The third-order valence-electron chi connectivity index (χ3n) is 6.53. The molecule has 0 aliphatic heterocycles. The Hall–Kier alpha value is -3.07. The normalized spacial score (nSPS) is 15.3. The maximum absolute atomic E-state index is 14.1. The maximum Gasteiger partial charge on any atom is 0.234 e. The first kappa shape index (κ1) is 22.1. The van der Waals surface area contributed by atoms with E-state index in [1.165, 1.54) is 16.7 Å². The van der Waals surface area contributed by atoms with E-state index in [-0.39, 0.29) is 11.8 Å². The van der Waals surface area contributed by atoms with Crippen molar-refractivity contribution in [2.75, 3.05) is 12.0 Å². The van der Waals surface area contributed by atoms with Gasteiger partial charge < -0.3 is 9.64 Å². The lowest BCUT2D eigenvalue weighted by Gasteiger charge is -2.31. The van der Waals surface area contributed by atoms with Crippen LogP contribution in [0.25, 0.3) is 0 Å². The number of amides is 1. The molecule has 1 unspecified atom stereocenters. The second-order valence-corrected chi connectivity index (χ2v) is 9.17. The van der Waals surface area contributed by atoms with Crippen LogP contribution in [0.1, 0.15) is 66.3 Å². The average molecular weight is 428 g/mol. The van der Waals surface area contributed by atoms with Crippen molar-refractivity contribution in [3.05, 3.63) is 94.5 Å². The molecule has 0 heterocycles. The van der Waals surface area contributed by atoms with Crippen LogP contribution >= 0.6 is 0 Å². The van der Waals surface area contributed by atoms with Crippen LogP contribution in [0.3, 0.4) is 0 Å². The SMILES string of the molecule is COc1ccc2c(c1)C(C(=O)N(Cc1cccc(C)c1)c1ccc(C(C)C)cc1)CCC2. The molecular weight excluding hydrogens is 394 g/mol. The summed E-state index contributed by atoms with van der Waals surface area (Å²) in [5.41, 5.74) is 6.97. The van der Waals surface area contributed by atoms with Crippen molar-refractivity contribution < 1.29 is 9.53 Å². The quantitative estimate of drug-likeness (QED) is 0.434. The average Bonchev–Trinajstić information content (AvgIpc) is 2.81. The number of rotatable bonds is 6. The molecule has 0 spiro atoms. The Bertz CT molecular complexity index is 1080. The monoisotopic (exact) mass is 427 g/mol. The summed E-state index contributed by atoms with van der Waals surface area (Å²) in [5.74, 6) is 1.29. The molecule has 3 heteroatoms. The van der Waals surface area contributed by atoms with Gasteiger partial charge in [0.1, 0.15) is 5.75 Å². The van der Waals surface area contributed by atoms with E-state index in [0.717, 1.165) is 41.8 Å². The van der Waals surface area contributed by atoms with E-state index >= 15 is 0 Å². The molecule has 166 valence electrons. The highest BCUT2D eigenvalue weighted by atomic mass is 16.5. The fourth-order valence-corrected chi connectivity index (χ4v) is 4.68. The van der Waals surface area contributed by atoms with E-state index in [1.807, 2.05) is 11.0 Å². The lowest BCUT2D eigenvalue weighted by atomic mass is 9.81. The molecule has 0 saturated carbocycles. The van der Waals surface area contributed by atoms with Gasteiger partial charge in [0.25, 0.3) is 0 Å². The first-order valence-electron chi connectivity index (χ1n) is 11.6. The van der Waals surface area contributed by atoms with Crippen LogP contribution < -0.4 is 9.64 Å². The van der Waals surface area contributed by atoms with Gasteiger partial charge in [-0.2, -0.15) is 0 Å². The van der Waals surface area contributed by atoms with Crippen LogP contribution in [0.5, 0.6) is 5.75 Å². The maximum atomic E-state index is 14.1. The molecule has 3 aromatic carbocycles. The first-order valence-corrected chi connectivity index (χ1v) is 11.6. The standard InChI is InChI=1S/C29H33NO2/c1-20(2)23-11-14-25(15-12-23)30(19-22-8-5-7-21(3)17-22)29(31)27-10-6-9-24-13-16-26(32-4)18-28(24)27/h5,7-8,11-18,20,27H,6,9-10,19H2,1-4H3. The minimum absolute atomic E-state index is 0.150. The van der Waals surface area contributed by atoms with Gasteiger partial charge in [0.05, 0.1) is 19.6 Å². The van der Waals surface area contributed by atoms with Crippen molar-refractivity contribution in [1.29, 1.82) is 0 Å². The van der Waals surface area contributed by atoms with Gasteiger partial charge in [-0.05, 0) is 78.6 Å². The number of benzene rings is 3. The summed E-state index contributed by atoms with van der Waals surface area (Å²) in [4.78, 5) is 16.0. The second kappa shape index (κ2) is 9.60. The highest BCUT2D eigenvalue weighted by Crippen LogP contribution is 2.37. The van der Waals surface area contributed by atoms with E-state index in [9.17, 15) is 4.79 Å². The summed E-state index contributed by atoms with van der Waals surface area (Å²) >= 11 is 0. The Morgan fingerprint density at radius 1 is 1.06 bits per heavy atom. The Morgan fingerprint density at radius 3 is 2.53 bits per heavy atom. The van der Waals surface area contributed by atoms with E-state index in [4.69, 9.17) is 4.74 Å². The van der Waals surface area contributed by atoms with E-state index in [2.05, 4.69) is 81.4 Å². The van der Waals surface area contributed by atoms with Crippen molar-refractivity contribution in [1.82, 2.24) is 0 Å². The van der Waals surface area contributed by atoms with Crippen LogP contribution in [-0.2, 0) is 17.8 Å². The number of anilines is 1. The summed E-state index contributed by atoms with van der Waals surface area (Å²) < 4.78 is 5.47. The fourth-order valence-electron chi connectivity index (χ4n) is 4.68. The summed E-state index contributed by atoms with van der Waals surface area (Å²) in [5, 5.41) is 0. The largest absolute Gasteiger partial charge is 0.497 e. The molecule has 0 N–H and O–H groups in total. The number of aryl methyl sites for hydroxylation is 2. The summed E-state index contributed by atoms with van der Waals surface area (Å²) in [6.07, 6.45) is 2.91. The van der Waals surface area contributed by atoms with Crippen molar-refractivity contribution in [3.63, 3.8) is 0 Å². The molecule has 0 bridgehead atoms. The van der Waals surface area contributed by atoms with Gasteiger partial charge in [-0.15, -0.1) is 0 Å². The Kier molecular flexibility index (Phi) is 6.64. The molecule has 1 aliphatic carbocycles. The molecule has 3 nitrogen and oxygen atoms in total. The predicted octanol–water partition coefficient (Wildman–Crippen LogP) is 6.78. The number of ether oxygens (including phenoxy) is 1. The molecule has 0 fully saturated rings. The van der Waals surface area contributed by atoms with Crippen LogP contribution in [0.4, 0.5) is 5.69 Å². The number of carbonyl (C=O) groups is 1. The highest BCUT2D eigenvalue weighted by molar-refractivity contribution is 5.98. The molecule has 0 aromatic heterocycles. The Balaban J connectivity index is 1.72. The number of carbonyl (C=O) groups excluding carboxylic acids is 1. The first-order chi connectivity index (χ1) is 15.5. The van der Waals surface area contributed by atoms with Gasteiger partial charge in [0, 0.05) is 5.69 Å². The molecular formula is C29H33NO2. The van der Waals surface area contributed by atoms with E-state index in [1.54, 1.807) is 7.11 Å². The molecule has 3 aromatic rings. The van der Waals surface area contributed by atoms with Crippen LogP contribution in [0.2, 0.25) is 0 Å². The highest BCUT2D eigenvalue weighted by Gasteiger charge is 2.31. The lowest BCUT2D eigenvalue weighted by molar-refractivity contribution is -0.120. The number of hydrogen-bond donors (Lipinski definition) is 0. The number of nitrogens with zero attached hydrogens (tertiary/aromatic N) is 1. The molecule has 32 heavy (non-hydrogen) atoms.